The van der Waals surface area contributed by atoms with E-state index in [9.17, 15) is 0 Å². The molecule has 6 nitrogen and oxygen atoms in total. The van der Waals surface area contributed by atoms with Crippen LogP contribution >= 0.6 is 0 Å². The molecule has 27 heavy (non-hydrogen) atoms. The highest BCUT2D eigenvalue weighted by Gasteiger charge is 2.32. The van der Waals surface area contributed by atoms with Crippen LogP contribution in [0.5, 0.6) is 0 Å². The Kier molecular flexibility index (Phi) is 3.63. The van der Waals surface area contributed by atoms with Crippen molar-refractivity contribution < 1.29 is 4.52 Å². The second-order valence-electron chi connectivity index (χ2n) is 6.95. The SMILES string of the molecule is Cc1cccnc1-n1nc(C2CC2)nc1-c1c(-c2ccccc2)noc1C. The minimum atomic E-state index is 0.439. The second-order valence-corrected chi connectivity index (χ2v) is 6.95. The third kappa shape index (κ3) is 2.73. The number of pyridine rings is 1. The third-order valence-electron chi connectivity index (χ3n) is 4.88. The Morgan fingerprint density at radius 3 is 2.59 bits per heavy atom. The van der Waals surface area contributed by atoms with Crippen LogP contribution in [0, 0.1) is 13.8 Å². The largest absolute Gasteiger partial charge is 0.360 e. The zero-order valence-electron chi connectivity index (χ0n) is 15.3. The average molecular weight is 357 g/mol. The molecule has 0 aliphatic heterocycles. The zero-order chi connectivity index (χ0) is 18.4. The molecule has 0 atom stereocenters. The number of aryl methyl sites for hydroxylation is 2. The predicted octanol–water partition coefficient (Wildman–Crippen LogP) is 4.48. The summed E-state index contributed by atoms with van der Waals surface area (Å²) in [5.74, 6) is 3.55. The molecule has 5 rings (SSSR count). The summed E-state index contributed by atoms with van der Waals surface area (Å²) < 4.78 is 7.40. The van der Waals surface area contributed by atoms with Crippen LogP contribution < -0.4 is 0 Å². The van der Waals surface area contributed by atoms with Crippen molar-refractivity contribution in [1.82, 2.24) is 24.9 Å². The molecule has 1 fully saturated rings. The smallest absolute Gasteiger partial charge is 0.171 e. The summed E-state index contributed by atoms with van der Waals surface area (Å²) in [5, 5.41) is 9.12. The first-order valence-electron chi connectivity index (χ1n) is 9.13. The number of nitrogens with zero attached hydrogens (tertiary/aromatic N) is 5. The van der Waals surface area contributed by atoms with Gasteiger partial charge in [0.2, 0.25) is 0 Å². The van der Waals surface area contributed by atoms with Gasteiger partial charge in [0, 0.05) is 17.7 Å². The van der Waals surface area contributed by atoms with Crippen LogP contribution in [-0.2, 0) is 0 Å². The quantitative estimate of drug-likeness (QED) is 0.539. The molecular weight excluding hydrogens is 338 g/mol. The van der Waals surface area contributed by atoms with Crippen molar-refractivity contribution in [3.8, 4) is 28.5 Å². The first-order valence-corrected chi connectivity index (χ1v) is 9.13. The molecule has 0 spiro atoms. The Morgan fingerprint density at radius 1 is 1.04 bits per heavy atom. The van der Waals surface area contributed by atoms with Gasteiger partial charge in [-0.2, -0.15) is 4.68 Å². The van der Waals surface area contributed by atoms with Crippen molar-refractivity contribution in [3.05, 3.63) is 65.8 Å². The van der Waals surface area contributed by atoms with E-state index < -0.39 is 0 Å². The van der Waals surface area contributed by atoms with Crippen LogP contribution in [0.1, 0.15) is 35.9 Å². The first kappa shape index (κ1) is 15.9. The van der Waals surface area contributed by atoms with Gasteiger partial charge in [-0.05, 0) is 38.3 Å². The summed E-state index contributed by atoms with van der Waals surface area (Å²) in [4.78, 5) is 9.44. The predicted molar refractivity (Wildman–Crippen MR) is 102 cm³/mol. The zero-order valence-corrected chi connectivity index (χ0v) is 15.3. The molecule has 0 N–H and O–H groups in total. The average Bonchev–Trinajstić information content (AvgIpc) is 3.35. The van der Waals surface area contributed by atoms with Crippen molar-refractivity contribution in [1.29, 1.82) is 0 Å². The maximum absolute atomic E-state index is 5.56. The molecule has 3 aromatic heterocycles. The molecule has 4 aromatic rings. The maximum atomic E-state index is 5.56. The molecule has 0 radical (unpaired) electrons. The molecule has 1 aromatic carbocycles. The van der Waals surface area contributed by atoms with Crippen LogP contribution in [0.4, 0.5) is 0 Å². The summed E-state index contributed by atoms with van der Waals surface area (Å²) >= 11 is 0. The van der Waals surface area contributed by atoms with Crippen LogP contribution in [0.25, 0.3) is 28.5 Å². The molecule has 0 unspecified atom stereocenters. The van der Waals surface area contributed by atoms with E-state index in [4.69, 9.17) is 14.6 Å². The maximum Gasteiger partial charge on any atom is 0.171 e. The van der Waals surface area contributed by atoms with Gasteiger partial charge in [-0.1, -0.05) is 41.6 Å². The van der Waals surface area contributed by atoms with E-state index in [1.165, 1.54) is 0 Å². The third-order valence-corrected chi connectivity index (χ3v) is 4.88. The van der Waals surface area contributed by atoms with Crippen LogP contribution in [0.3, 0.4) is 0 Å². The molecule has 6 heteroatoms. The Balaban J connectivity index is 1.75. The molecule has 3 heterocycles. The normalized spacial score (nSPS) is 13.9. The number of hydrogen-bond donors (Lipinski definition) is 0. The van der Waals surface area contributed by atoms with Gasteiger partial charge in [-0.3, -0.25) is 0 Å². The lowest BCUT2D eigenvalue weighted by Crippen LogP contribution is -2.05. The Hall–Kier alpha value is -3.28. The highest BCUT2D eigenvalue weighted by Crippen LogP contribution is 2.41. The van der Waals surface area contributed by atoms with E-state index in [1.807, 2.05) is 61.0 Å². The van der Waals surface area contributed by atoms with E-state index in [-0.39, 0.29) is 0 Å². The van der Waals surface area contributed by atoms with Gasteiger partial charge in [0.05, 0.1) is 5.56 Å². The highest BCUT2D eigenvalue weighted by atomic mass is 16.5. The van der Waals surface area contributed by atoms with Gasteiger partial charge in [0.15, 0.2) is 17.5 Å². The van der Waals surface area contributed by atoms with Crippen molar-refractivity contribution in [2.45, 2.75) is 32.6 Å². The molecule has 0 saturated heterocycles. The van der Waals surface area contributed by atoms with Gasteiger partial charge >= 0.3 is 0 Å². The summed E-state index contributed by atoms with van der Waals surface area (Å²) in [6, 6.07) is 14.0. The first-order chi connectivity index (χ1) is 13.2. The lowest BCUT2D eigenvalue weighted by atomic mass is 10.1. The van der Waals surface area contributed by atoms with Crippen LogP contribution in [-0.4, -0.2) is 24.9 Å². The van der Waals surface area contributed by atoms with Crippen molar-refractivity contribution >= 4 is 0 Å². The van der Waals surface area contributed by atoms with Crippen LogP contribution in [0.2, 0.25) is 0 Å². The number of aromatic nitrogens is 5. The molecule has 1 aliphatic rings. The summed E-state index contributed by atoms with van der Waals surface area (Å²) in [7, 11) is 0. The Morgan fingerprint density at radius 2 is 1.85 bits per heavy atom. The number of rotatable bonds is 4. The van der Waals surface area contributed by atoms with Crippen molar-refractivity contribution in [3.63, 3.8) is 0 Å². The molecule has 0 amide bonds. The second kappa shape index (κ2) is 6.16. The fourth-order valence-corrected chi connectivity index (χ4v) is 3.28. The fraction of sp³-hybridized carbons (Fsp3) is 0.238. The molecule has 0 bridgehead atoms. The Bertz CT molecular complexity index is 1110. The van der Waals surface area contributed by atoms with E-state index in [2.05, 4.69) is 10.1 Å². The lowest BCUT2D eigenvalue weighted by Gasteiger charge is -2.08. The van der Waals surface area contributed by atoms with Gasteiger partial charge in [0.25, 0.3) is 0 Å². The number of hydrogen-bond acceptors (Lipinski definition) is 5. The Labute approximate surface area is 156 Å². The van der Waals surface area contributed by atoms with E-state index >= 15 is 0 Å². The number of benzene rings is 1. The molecule has 1 saturated carbocycles. The molecular formula is C21H19N5O. The fourth-order valence-electron chi connectivity index (χ4n) is 3.28. The topological polar surface area (TPSA) is 69.6 Å². The van der Waals surface area contributed by atoms with Crippen molar-refractivity contribution in [2.24, 2.45) is 0 Å². The summed E-state index contributed by atoms with van der Waals surface area (Å²) in [5.41, 5.74) is 3.68. The minimum absolute atomic E-state index is 0.439. The molecule has 134 valence electrons. The van der Waals surface area contributed by atoms with E-state index in [1.54, 1.807) is 6.20 Å². The van der Waals surface area contributed by atoms with Crippen molar-refractivity contribution in [2.75, 3.05) is 0 Å². The van der Waals surface area contributed by atoms with Gasteiger partial charge < -0.3 is 4.52 Å². The highest BCUT2D eigenvalue weighted by molar-refractivity contribution is 5.79. The standard InChI is InChI=1S/C21H19N5O/c1-13-7-6-12-22-20(13)26-21(23-19(24-26)16-10-11-16)17-14(2)27-25-18(17)15-8-4-3-5-9-15/h3-9,12,16H,10-11H2,1-2H3. The van der Waals surface area contributed by atoms with Crippen LogP contribution in [0.15, 0.2) is 53.2 Å². The van der Waals surface area contributed by atoms with E-state index in [0.29, 0.717) is 5.92 Å². The minimum Gasteiger partial charge on any atom is -0.360 e. The van der Waals surface area contributed by atoms with Gasteiger partial charge in [-0.25, -0.2) is 9.97 Å². The molecule has 1 aliphatic carbocycles. The lowest BCUT2D eigenvalue weighted by molar-refractivity contribution is 0.400. The summed E-state index contributed by atoms with van der Waals surface area (Å²) in [6.45, 7) is 3.94. The van der Waals surface area contributed by atoms with Gasteiger partial charge in [-0.15, -0.1) is 5.10 Å². The summed E-state index contributed by atoms with van der Waals surface area (Å²) in [6.07, 6.45) is 4.06. The van der Waals surface area contributed by atoms with Gasteiger partial charge in [0.1, 0.15) is 11.5 Å². The monoisotopic (exact) mass is 357 g/mol. The van der Waals surface area contributed by atoms with E-state index in [0.717, 1.165) is 58.5 Å².